The highest BCUT2D eigenvalue weighted by Crippen LogP contribution is 2.60. The standard InChI is InChI=1S/C71H56N2O4/c1-40(2)53-38-59(72(55-26-14-22-47-42-18-6-10-30-61(42)74-67(47)55)56-27-15-23-48-43-19-7-11-31-62(43)75-68(48)56)51-36-37-71(5)54(41(3)4)39-60(52-35-34-46(53)65(51)66(52)71)73(57-28-16-24-49-44-20-8-12-32-63(44)76-69(49)57)58-29-17-25-50-45-21-9-13-33-64(45)77-70(50)58/h6-12,14-32,34-41,44,54,63H,13,33H2,1-5H3. The summed E-state index contributed by atoms with van der Waals surface area (Å²) in [6.45, 7) is 11.9. The van der Waals surface area contributed by atoms with E-state index in [-0.39, 0.29) is 35.2 Å². The minimum absolute atomic E-state index is 0.0805. The van der Waals surface area contributed by atoms with Gasteiger partial charge in [0.2, 0.25) is 0 Å². The van der Waals surface area contributed by atoms with Crippen LogP contribution in [0.4, 0.5) is 28.4 Å². The number of hydrogen-bond donors (Lipinski definition) is 0. The van der Waals surface area contributed by atoms with Crippen molar-refractivity contribution in [3.8, 4) is 5.75 Å². The molecule has 4 aliphatic carbocycles. The van der Waals surface area contributed by atoms with Gasteiger partial charge in [-0.15, -0.1) is 0 Å². The Morgan fingerprint density at radius 3 is 1.92 bits per heavy atom. The molecule has 0 saturated heterocycles. The highest BCUT2D eigenvalue weighted by molar-refractivity contribution is 6.16. The van der Waals surface area contributed by atoms with Crippen molar-refractivity contribution in [3.05, 3.63) is 221 Å². The number of hydrogen-bond acceptors (Lipinski definition) is 6. The van der Waals surface area contributed by atoms with Crippen LogP contribution in [0.5, 0.6) is 5.75 Å². The fraction of sp³-hybridized carbons (Fsp3) is 0.183. The number of furan rings is 3. The van der Waals surface area contributed by atoms with E-state index in [9.17, 15) is 0 Å². The van der Waals surface area contributed by atoms with Gasteiger partial charge >= 0.3 is 0 Å². The number of benzene rings is 8. The van der Waals surface area contributed by atoms with Crippen molar-refractivity contribution in [2.24, 2.45) is 11.8 Å². The SMILES string of the molecule is CC(C)c1cc(N(c2cccc3c2oc2ccccc23)c2cccc3c2oc2ccccc23)c2c3c4c(ccc13)C(N(c1cccc3c1OC1C=CC=CC31)c1cccc3c5c(oc13)CCC=C5)=CC(C(C)C)C4(C)C=C2. The number of nitrogens with zero attached hydrogens (tertiary/aromatic N) is 2. The first kappa shape index (κ1) is 44.5. The van der Waals surface area contributed by atoms with Gasteiger partial charge in [-0.2, -0.15) is 0 Å². The molecule has 0 radical (unpaired) electrons. The molecule has 6 heteroatoms. The second-order valence-corrected chi connectivity index (χ2v) is 22.7. The summed E-state index contributed by atoms with van der Waals surface area (Å²) in [6.07, 6.45) is 22.6. The van der Waals surface area contributed by atoms with E-state index < -0.39 is 0 Å². The molecule has 5 aliphatic rings. The van der Waals surface area contributed by atoms with Crippen LogP contribution in [0.25, 0.3) is 83.5 Å². The van der Waals surface area contributed by atoms with E-state index in [1.54, 1.807) is 0 Å². The van der Waals surface area contributed by atoms with Gasteiger partial charge < -0.3 is 27.8 Å². The predicted molar refractivity (Wildman–Crippen MR) is 318 cm³/mol. The number of anilines is 5. The Kier molecular flexibility index (Phi) is 9.48. The Hall–Kier alpha value is -8.74. The normalized spacial score (nSPS) is 19.8. The van der Waals surface area contributed by atoms with Crippen LogP contribution in [0.15, 0.2) is 195 Å². The van der Waals surface area contributed by atoms with E-state index in [0.29, 0.717) is 0 Å². The molecule has 0 fully saturated rings. The molecule has 6 nitrogen and oxygen atoms in total. The lowest BCUT2D eigenvalue weighted by molar-refractivity contribution is 0.269. The Balaban J connectivity index is 1.01. The fourth-order valence-corrected chi connectivity index (χ4v) is 14.2. The third-order valence-corrected chi connectivity index (χ3v) is 17.7. The Bertz CT molecular complexity index is 4400. The van der Waals surface area contributed by atoms with E-state index in [1.165, 1.54) is 38.6 Å². The highest BCUT2D eigenvalue weighted by atomic mass is 16.5. The zero-order valence-corrected chi connectivity index (χ0v) is 43.8. The van der Waals surface area contributed by atoms with Crippen LogP contribution in [0.2, 0.25) is 0 Å². The molecule has 3 aromatic heterocycles. The third kappa shape index (κ3) is 6.24. The van der Waals surface area contributed by atoms with Gasteiger partial charge in [-0.1, -0.05) is 180 Å². The molecule has 0 bridgehead atoms. The molecular weight excluding hydrogens is 945 g/mol. The van der Waals surface area contributed by atoms with Crippen molar-refractivity contribution >= 4 is 112 Å². The number of rotatable bonds is 8. The molecule has 11 aromatic rings. The van der Waals surface area contributed by atoms with Crippen molar-refractivity contribution in [1.82, 2.24) is 0 Å². The summed E-state index contributed by atoms with van der Waals surface area (Å²) in [7, 11) is 0. The smallest absolute Gasteiger partial charge is 0.159 e. The zero-order chi connectivity index (χ0) is 51.4. The number of allylic oxidation sites excluding steroid dienone is 5. The Morgan fingerprint density at radius 1 is 0.571 bits per heavy atom. The van der Waals surface area contributed by atoms with Crippen LogP contribution >= 0.6 is 0 Å². The van der Waals surface area contributed by atoms with E-state index >= 15 is 0 Å². The van der Waals surface area contributed by atoms with E-state index in [4.69, 9.17) is 18.0 Å². The fourth-order valence-electron chi connectivity index (χ4n) is 14.2. The summed E-state index contributed by atoms with van der Waals surface area (Å²) in [5.74, 6) is 2.66. The van der Waals surface area contributed by atoms with E-state index in [0.717, 1.165) is 119 Å². The van der Waals surface area contributed by atoms with Crippen molar-refractivity contribution in [1.29, 1.82) is 0 Å². The summed E-state index contributed by atoms with van der Waals surface area (Å²) in [4.78, 5) is 4.94. The molecule has 77 heavy (non-hydrogen) atoms. The molecule has 0 spiro atoms. The summed E-state index contributed by atoms with van der Waals surface area (Å²) < 4.78 is 28.2. The van der Waals surface area contributed by atoms with E-state index in [1.807, 2.05) is 0 Å². The van der Waals surface area contributed by atoms with Crippen LogP contribution in [-0.2, 0) is 11.8 Å². The zero-order valence-electron chi connectivity index (χ0n) is 43.8. The van der Waals surface area contributed by atoms with Crippen LogP contribution in [-0.4, -0.2) is 6.10 Å². The lowest BCUT2D eigenvalue weighted by Gasteiger charge is -2.47. The quantitative estimate of drug-likeness (QED) is 0.151. The molecule has 4 atom stereocenters. The average Bonchev–Trinajstić information content (AvgIpc) is 4.39. The third-order valence-electron chi connectivity index (χ3n) is 17.7. The molecule has 16 rings (SSSR count). The van der Waals surface area contributed by atoms with Crippen molar-refractivity contribution in [2.75, 3.05) is 9.80 Å². The number of aryl methyl sites for hydroxylation is 1. The first-order valence-corrected chi connectivity index (χ1v) is 27.6. The maximum absolute atomic E-state index is 7.12. The molecule has 374 valence electrons. The number of para-hydroxylation sites is 6. The van der Waals surface area contributed by atoms with Crippen LogP contribution in [0, 0.1) is 11.8 Å². The van der Waals surface area contributed by atoms with Crippen molar-refractivity contribution in [3.63, 3.8) is 0 Å². The summed E-state index contributed by atoms with van der Waals surface area (Å²) in [5, 5.41) is 7.99. The van der Waals surface area contributed by atoms with Gasteiger partial charge in [0, 0.05) is 66.9 Å². The average molecular weight is 1000 g/mol. The van der Waals surface area contributed by atoms with Gasteiger partial charge in [0.25, 0.3) is 0 Å². The second-order valence-electron chi connectivity index (χ2n) is 22.7. The van der Waals surface area contributed by atoms with Gasteiger partial charge in [-0.05, 0) is 94.6 Å². The maximum atomic E-state index is 7.12. The van der Waals surface area contributed by atoms with Crippen molar-refractivity contribution in [2.45, 2.75) is 70.8 Å². The molecule has 4 unspecified atom stereocenters. The van der Waals surface area contributed by atoms with Crippen LogP contribution in [0.1, 0.15) is 92.0 Å². The highest BCUT2D eigenvalue weighted by Gasteiger charge is 2.46. The van der Waals surface area contributed by atoms with Crippen molar-refractivity contribution < 1.29 is 18.0 Å². The summed E-state index contributed by atoms with van der Waals surface area (Å²) in [6, 6.07) is 50.6. The second kappa shape index (κ2) is 16.4. The first-order valence-electron chi connectivity index (χ1n) is 27.6. The predicted octanol–water partition coefficient (Wildman–Crippen LogP) is 19.7. The Labute approximate surface area is 447 Å². The monoisotopic (exact) mass is 1000 g/mol. The molecule has 8 aromatic carbocycles. The molecule has 1 aliphatic heterocycles. The first-order chi connectivity index (χ1) is 37.7. The Morgan fingerprint density at radius 2 is 1.21 bits per heavy atom. The van der Waals surface area contributed by atoms with Gasteiger partial charge in [-0.3, -0.25) is 0 Å². The molecule has 0 N–H and O–H groups in total. The number of ether oxygens (including phenoxy) is 1. The lowest BCUT2D eigenvalue weighted by Crippen LogP contribution is -2.39. The maximum Gasteiger partial charge on any atom is 0.159 e. The molecule has 0 amide bonds. The van der Waals surface area contributed by atoms with Gasteiger partial charge in [0.1, 0.15) is 28.8 Å². The van der Waals surface area contributed by atoms with Gasteiger partial charge in [0.05, 0.1) is 34.1 Å². The summed E-state index contributed by atoms with van der Waals surface area (Å²) >= 11 is 0. The minimum atomic E-state index is -0.374. The number of fused-ring (bicyclic) bond motifs is 12. The summed E-state index contributed by atoms with van der Waals surface area (Å²) in [5.41, 5.74) is 17.3. The van der Waals surface area contributed by atoms with E-state index in [2.05, 4.69) is 239 Å². The largest absolute Gasteiger partial charge is 0.483 e. The van der Waals surface area contributed by atoms with Crippen LogP contribution < -0.4 is 14.5 Å². The lowest BCUT2D eigenvalue weighted by atomic mass is 9.59. The van der Waals surface area contributed by atoms with Gasteiger partial charge in [0.15, 0.2) is 16.7 Å². The molecule has 0 saturated carbocycles. The topological polar surface area (TPSA) is 55.1 Å². The van der Waals surface area contributed by atoms with Crippen LogP contribution in [0.3, 0.4) is 0 Å². The molecule has 4 heterocycles. The van der Waals surface area contributed by atoms with Gasteiger partial charge in [-0.25, -0.2) is 0 Å². The molecular formula is C71H56N2O4. The minimum Gasteiger partial charge on any atom is -0.483 e.